The zero-order chi connectivity index (χ0) is 9.19. The predicted octanol–water partition coefficient (Wildman–Crippen LogP) is 2.71. The summed E-state index contributed by atoms with van der Waals surface area (Å²) in [6.07, 6.45) is 0. The molecule has 12 heavy (non-hydrogen) atoms. The number of alkyl halides is 2. The minimum Gasteiger partial charge on any atom is -0.479 e. The van der Waals surface area contributed by atoms with Crippen molar-refractivity contribution in [3.05, 3.63) is 35.9 Å². The highest BCUT2D eigenvalue weighted by atomic mass is 79.9. The van der Waals surface area contributed by atoms with Gasteiger partial charge < -0.3 is 5.11 Å². The van der Waals surface area contributed by atoms with Gasteiger partial charge in [0.15, 0.2) is 0 Å². The lowest BCUT2D eigenvalue weighted by atomic mass is 10.1. The lowest BCUT2D eigenvalue weighted by molar-refractivity contribution is -0.137. The van der Waals surface area contributed by atoms with Gasteiger partial charge in [-0.15, -0.1) is 0 Å². The van der Waals surface area contributed by atoms with Crippen LogP contribution in [0.3, 0.4) is 0 Å². The summed E-state index contributed by atoms with van der Waals surface area (Å²) in [5.41, 5.74) is 0.664. The van der Waals surface area contributed by atoms with E-state index in [9.17, 15) is 4.79 Å². The second-order valence-electron chi connectivity index (χ2n) is 2.25. The fourth-order valence-electron chi connectivity index (χ4n) is 0.771. The van der Waals surface area contributed by atoms with Gasteiger partial charge in [0.25, 0.3) is 0 Å². The van der Waals surface area contributed by atoms with Crippen molar-refractivity contribution in [1.29, 1.82) is 0 Å². The second kappa shape index (κ2) is 3.58. The molecule has 0 radical (unpaired) electrons. The Morgan fingerprint density at radius 2 is 1.75 bits per heavy atom. The monoisotopic (exact) mass is 292 g/mol. The molecule has 0 spiro atoms. The van der Waals surface area contributed by atoms with Crippen molar-refractivity contribution in [3.8, 4) is 0 Å². The Morgan fingerprint density at radius 1 is 1.25 bits per heavy atom. The van der Waals surface area contributed by atoms with Gasteiger partial charge in [-0.1, -0.05) is 62.2 Å². The fourth-order valence-corrected chi connectivity index (χ4v) is 1.30. The summed E-state index contributed by atoms with van der Waals surface area (Å²) in [6.45, 7) is 0. The third-order valence-corrected chi connectivity index (χ3v) is 3.00. The van der Waals surface area contributed by atoms with E-state index in [4.69, 9.17) is 5.11 Å². The van der Waals surface area contributed by atoms with Gasteiger partial charge in [0, 0.05) is 0 Å². The van der Waals surface area contributed by atoms with E-state index in [-0.39, 0.29) is 0 Å². The summed E-state index contributed by atoms with van der Waals surface area (Å²) in [4.78, 5) is 10.7. The van der Waals surface area contributed by atoms with E-state index < -0.39 is 9.20 Å². The molecule has 64 valence electrons. The Balaban J connectivity index is 3.06. The van der Waals surface area contributed by atoms with Crippen LogP contribution in [0.2, 0.25) is 0 Å². The van der Waals surface area contributed by atoms with Crippen molar-refractivity contribution < 1.29 is 9.90 Å². The molecule has 1 N–H and O–H groups in total. The minimum atomic E-state index is -1.17. The molecule has 1 rings (SSSR count). The molecule has 0 aliphatic rings. The van der Waals surface area contributed by atoms with Crippen LogP contribution >= 0.6 is 31.9 Å². The van der Waals surface area contributed by atoms with Crippen molar-refractivity contribution >= 4 is 37.8 Å². The fraction of sp³-hybridized carbons (Fsp3) is 0.125. The Labute approximate surface area is 86.9 Å². The smallest absolute Gasteiger partial charge is 0.336 e. The largest absolute Gasteiger partial charge is 0.479 e. The van der Waals surface area contributed by atoms with Crippen LogP contribution < -0.4 is 0 Å². The summed E-state index contributed by atoms with van der Waals surface area (Å²) in [7, 11) is 0. The molecular weight excluding hydrogens is 288 g/mol. The summed E-state index contributed by atoms with van der Waals surface area (Å²) >= 11 is 6.14. The van der Waals surface area contributed by atoms with E-state index in [1.165, 1.54) is 0 Å². The van der Waals surface area contributed by atoms with Crippen molar-refractivity contribution in [2.75, 3.05) is 0 Å². The first kappa shape index (κ1) is 9.74. The molecule has 0 amide bonds. The topological polar surface area (TPSA) is 37.3 Å². The second-order valence-corrected chi connectivity index (χ2v) is 5.69. The van der Waals surface area contributed by atoms with Gasteiger partial charge in [0.1, 0.15) is 0 Å². The molecule has 4 heteroatoms. The molecule has 0 saturated carbocycles. The summed E-state index contributed by atoms with van der Waals surface area (Å²) < 4.78 is -1.17. The van der Waals surface area contributed by atoms with E-state index in [0.717, 1.165) is 0 Å². The first-order valence-electron chi connectivity index (χ1n) is 3.22. The van der Waals surface area contributed by atoms with Crippen LogP contribution in [-0.2, 0) is 8.03 Å². The molecule has 1 aromatic carbocycles. The number of halogens is 2. The van der Waals surface area contributed by atoms with Crippen LogP contribution in [0.4, 0.5) is 0 Å². The number of rotatable bonds is 2. The zero-order valence-corrected chi connectivity index (χ0v) is 9.17. The highest BCUT2D eigenvalue weighted by Gasteiger charge is 2.33. The van der Waals surface area contributed by atoms with Gasteiger partial charge in [0.05, 0.1) is 0 Å². The van der Waals surface area contributed by atoms with Crippen LogP contribution in [0.5, 0.6) is 0 Å². The first-order valence-corrected chi connectivity index (χ1v) is 4.80. The third-order valence-electron chi connectivity index (χ3n) is 1.40. The van der Waals surface area contributed by atoms with E-state index >= 15 is 0 Å². The van der Waals surface area contributed by atoms with Crippen molar-refractivity contribution in [2.45, 2.75) is 3.23 Å². The maximum absolute atomic E-state index is 10.7. The zero-order valence-electron chi connectivity index (χ0n) is 6.00. The normalized spacial score (nSPS) is 11.2. The Kier molecular flexibility index (Phi) is 2.90. The number of carbonyl (C=O) groups is 1. The highest BCUT2D eigenvalue weighted by molar-refractivity contribution is 9.25. The summed E-state index contributed by atoms with van der Waals surface area (Å²) in [5.74, 6) is -0.964. The number of aliphatic carboxylic acids is 1. The third kappa shape index (κ3) is 1.87. The van der Waals surface area contributed by atoms with Crippen LogP contribution in [-0.4, -0.2) is 11.1 Å². The molecular formula is C8H6Br2O2. The van der Waals surface area contributed by atoms with E-state index in [1.807, 2.05) is 6.07 Å². The summed E-state index contributed by atoms with van der Waals surface area (Å²) in [5, 5.41) is 8.80. The van der Waals surface area contributed by atoms with Gasteiger partial charge >= 0.3 is 5.97 Å². The molecule has 0 aliphatic carbocycles. The van der Waals surface area contributed by atoms with Crippen molar-refractivity contribution in [3.63, 3.8) is 0 Å². The van der Waals surface area contributed by atoms with Gasteiger partial charge in [-0.25, -0.2) is 4.79 Å². The van der Waals surface area contributed by atoms with Gasteiger partial charge in [-0.05, 0) is 5.56 Å². The molecule has 0 heterocycles. The number of hydrogen-bond donors (Lipinski definition) is 1. The molecule has 0 atom stereocenters. The number of carboxylic acid groups (broad SMARTS) is 1. The SMILES string of the molecule is O=C(O)C(Br)(Br)c1ccccc1. The molecule has 1 aromatic rings. The van der Waals surface area contributed by atoms with Gasteiger partial charge in [-0.2, -0.15) is 0 Å². The minimum absolute atomic E-state index is 0.664. The molecule has 0 unspecified atom stereocenters. The first-order chi connectivity index (χ1) is 5.55. The van der Waals surface area contributed by atoms with Crippen LogP contribution in [0.25, 0.3) is 0 Å². The molecule has 0 fully saturated rings. The van der Waals surface area contributed by atoms with E-state index in [2.05, 4.69) is 31.9 Å². The van der Waals surface area contributed by atoms with Gasteiger partial charge in [-0.3, -0.25) is 0 Å². The maximum Gasteiger partial charge on any atom is 0.336 e. The Hall–Kier alpha value is -0.350. The number of benzene rings is 1. The predicted molar refractivity (Wildman–Crippen MR) is 53.6 cm³/mol. The Morgan fingerprint density at radius 3 is 2.17 bits per heavy atom. The lowest BCUT2D eigenvalue weighted by Gasteiger charge is -2.14. The quantitative estimate of drug-likeness (QED) is 0.852. The van der Waals surface area contributed by atoms with Crippen LogP contribution in [0.1, 0.15) is 5.56 Å². The number of carboxylic acids is 1. The van der Waals surface area contributed by atoms with Gasteiger partial charge in [0.2, 0.25) is 3.23 Å². The molecule has 2 nitrogen and oxygen atoms in total. The van der Waals surface area contributed by atoms with Crippen LogP contribution in [0, 0.1) is 0 Å². The highest BCUT2D eigenvalue weighted by Crippen LogP contribution is 2.37. The molecule has 0 bridgehead atoms. The van der Waals surface area contributed by atoms with Crippen molar-refractivity contribution in [1.82, 2.24) is 0 Å². The Bertz CT molecular complexity index is 282. The van der Waals surface area contributed by atoms with Crippen LogP contribution in [0.15, 0.2) is 30.3 Å². The molecule has 0 saturated heterocycles. The average Bonchev–Trinajstić information content (AvgIpc) is 2.06. The van der Waals surface area contributed by atoms with E-state index in [1.54, 1.807) is 24.3 Å². The van der Waals surface area contributed by atoms with Crippen molar-refractivity contribution in [2.24, 2.45) is 0 Å². The van der Waals surface area contributed by atoms with E-state index in [0.29, 0.717) is 5.56 Å². The molecule has 0 aromatic heterocycles. The lowest BCUT2D eigenvalue weighted by Crippen LogP contribution is -2.21. The molecule has 0 aliphatic heterocycles. The standard InChI is InChI=1S/C8H6Br2O2/c9-8(10,7(11)12)6-4-2-1-3-5-6/h1-5H,(H,11,12). The number of hydrogen-bond acceptors (Lipinski definition) is 1. The average molecular weight is 294 g/mol. The summed E-state index contributed by atoms with van der Waals surface area (Å²) in [6, 6.07) is 8.88. The maximum atomic E-state index is 10.7.